The van der Waals surface area contributed by atoms with Gasteiger partial charge in [-0.3, -0.25) is 4.79 Å². The maximum absolute atomic E-state index is 12.8. The Morgan fingerprint density at radius 3 is 2.56 bits per heavy atom. The summed E-state index contributed by atoms with van der Waals surface area (Å²) in [6.07, 6.45) is 3.46. The number of benzene rings is 1. The van der Waals surface area contributed by atoms with E-state index in [0.717, 1.165) is 5.56 Å². The lowest BCUT2D eigenvalue weighted by atomic mass is 10.1. The van der Waals surface area contributed by atoms with Gasteiger partial charge in [-0.05, 0) is 31.0 Å². The smallest absolute Gasteiger partial charge is 0.254 e. The van der Waals surface area contributed by atoms with Crippen molar-refractivity contribution in [2.24, 2.45) is 0 Å². The Labute approximate surface area is 143 Å². The molecule has 7 nitrogen and oxygen atoms in total. The number of hydrogen-bond acceptors (Lipinski definition) is 6. The van der Waals surface area contributed by atoms with Crippen LogP contribution in [0, 0.1) is 12.7 Å². The molecule has 0 aliphatic heterocycles. The third-order valence-corrected chi connectivity index (χ3v) is 3.39. The van der Waals surface area contributed by atoms with E-state index in [4.69, 9.17) is 4.52 Å². The Kier molecular flexibility index (Phi) is 4.98. The largest absolute Gasteiger partial charge is 0.360 e. The van der Waals surface area contributed by atoms with Gasteiger partial charge in [0.25, 0.3) is 5.91 Å². The summed E-state index contributed by atoms with van der Waals surface area (Å²) >= 11 is 0. The lowest BCUT2D eigenvalue weighted by Crippen LogP contribution is -2.26. The van der Waals surface area contributed by atoms with Crippen molar-refractivity contribution in [3.63, 3.8) is 0 Å². The van der Waals surface area contributed by atoms with E-state index < -0.39 is 0 Å². The minimum atomic E-state index is -0.278. The number of amides is 1. The zero-order valence-corrected chi connectivity index (χ0v) is 13.5. The fraction of sp³-hybridized carbons (Fsp3) is 0.176. The van der Waals surface area contributed by atoms with Crippen LogP contribution in [0.1, 0.15) is 21.7 Å². The zero-order chi connectivity index (χ0) is 17.6. The molecule has 3 rings (SSSR count). The number of rotatable bonds is 6. The highest BCUT2D eigenvalue weighted by atomic mass is 19.1. The van der Waals surface area contributed by atoms with Crippen molar-refractivity contribution in [1.29, 1.82) is 0 Å². The molecule has 128 valence electrons. The summed E-state index contributed by atoms with van der Waals surface area (Å²) in [4.78, 5) is 20.2. The SMILES string of the molecule is Cc1cc(Nc2ncc(C(=O)NCCc3ccc(F)cc3)cn2)no1. The molecule has 0 saturated heterocycles. The van der Waals surface area contributed by atoms with E-state index in [1.54, 1.807) is 25.1 Å². The first-order chi connectivity index (χ1) is 12.1. The van der Waals surface area contributed by atoms with E-state index in [0.29, 0.717) is 36.1 Å². The van der Waals surface area contributed by atoms with Gasteiger partial charge in [0.05, 0.1) is 5.56 Å². The van der Waals surface area contributed by atoms with Crippen LogP contribution in [-0.4, -0.2) is 27.6 Å². The van der Waals surface area contributed by atoms with Crippen molar-refractivity contribution in [2.45, 2.75) is 13.3 Å². The molecule has 0 saturated carbocycles. The lowest BCUT2D eigenvalue weighted by molar-refractivity contribution is 0.0953. The standard InChI is InChI=1S/C17H16FN5O2/c1-11-8-15(23-25-11)22-17-20-9-13(10-21-17)16(24)19-7-6-12-2-4-14(18)5-3-12/h2-5,8-10H,6-7H2,1H3,(H,19,24)(H,20,21,22,23). The molecule has 2 aromatic heterocycles. The average molecular weight is 341 g/mol. The summed E-state index contributed by atoms with van der Waals surface area (Å²) < 4.78 is 17.8. The highest BCUT2D eigenvalue weighted by Crippen LogP contribution is 2.12. The predicted molar refractivity (Wildman–Crippen MR) is 89.0 cm³/mol. The maximum atomic E-state index is 12.8. The number of hydrogen-bond donors (Lipinski definition) is 2. The molecule has 0 aliphatic carbocycles. The van der Waals surface area contributed by atoms with Gasteiger partial charge in [0.1, 0.15) is 11.6 Å². The fourth-order valence-corrected chi connectivity index (χ4v) is 2.12. The molecule has 2 heterocycles. The molecular weight excluding hydrogens is 325 g/mol. The van der Waals surface area contributed by atoms with Crippen LogP contribution in [0.5, 0.6) is 0 Å². The van der Waals surface area contributed by atoms with Crippen LogP contribution in [0.3, 0.4) is 0 Å². The number of nitrogens with one attached hydrogen (secondary N) is 2. The van der Waals surface area contributed by atoms with Gasteiger partial charge >= 0.3 is 0 Å². The number of nitrogens with zero attached hydrogens (tertiary/aromatic N) is 3. The molecule has 1 aromatic carbocycles. The molecule has 0 aliphatic rings. The van der Waals surface area contributed by atoms with Crippen LogP contribution in [0.4, 0.5) is 16.2 Å². The molecular formula is C17H16FN5O2. The van der Waals surface area contributed by atoms with Crippen molar-refractivity contribution in [3.8, 4) is 0 Å². The number of carbonyl (C=O) groups is 1. The summed E-state index contributed by atoms with van der Waals surface area (Å²) in [6.45, 7) is 2.21. The van der Waals surface area contributed by atoms with E-state index in [-0.39, 0.29) is 11.7 Å². The van der Waals surface area contributed by atoms with E-state index >= 15 is 0 Å². The first kappa shape index (κ1) is 16.6. The second-order valence-electron chi connectivity index (χ2n) is 5.38. The Hall–Kier alpha value is -3.29. The average Bonchev–Trinajstić information content (AvgIpc) is 3.02. The minimum Gasteiger partial charge on any atom is -0.360 e. The predicted octanol–water partition coefficient (Wildman–Crippen LogP) is 2.63. The number of carbonyl (C=O) groups excluding carboxylic acids is 1. The first-order valence-electron chi connectivity index (χ1n) is 7.65. The van der Waals surface area contributed by atoms with Crippen LogP contribution in [0.25, 0.3) is 0 Å². The van der Waals surface area contributed by atoms with Crippen LogP contribution < -0.4 is 10.6 Å². The van der Waals surface area contributed by atoms with Gasteiger partial charge in [-0.1, -0.05) is 17.3 Å². The van der Waals surface area contributed by atoms with Crippen LogP contribution in [0.2, 0.25) is 0 Å². The van der Waals surface area contributed by atoms with Crippen LogP contribution >= 0.6 is 0 Å². The Morgan fingerprint density at radius 2 is 1.92 bits per heavy atom. The molecule has 2 N–H and O–H groups in total. The normalized spacial score (nSPS) is 10.5. The molecule has 25 heavy (non-hydrogen) atoms. The Bertz CT molecular complexity index is 846. The van der Waals surface area contributed by atoms with Gasteiger partial charge in [-0.2, -0.15) is 0 Å². The zero-order valence-electron chi connectivity index (χ0n) is 13.5. The van der Waals surface area contributed by atoms with Crippen LogP contribution in [-0.2, 0) is 6.42 Å². The Balaban J connectivity index is 1.51. The highest BCUT2D eigenvalue weighted by molar-refractivity contribution is 5.93. The van der Waals surface area contributed by atoms with E-state index in [9.17, 15) is 9.18 Å². The molecule has 0 spiro atoms. The highest BCUT2D eigenvalue weighted by Gasteiger charge is 2.08. The van der Waals surface area contributed by atoms with Gasteiger partial charge in [-0.15, -0.1) is 0 Å². The number of aryl methyl sites for hydroxylation is 1. The van der Waals surface area contributed by atoms with Crippen molar-refractivity contribution in [2.75, 3.05) is 11.9 Å². The second kappa shape index (κ2) is 7.52. The topological polar surface area (TPSA) is 92.9 Å². The van der Waals surface area contributed by atoms with Crippen molar-refractivity contribution < 1.29 is 13.7 Å². The summed E-state index contributed by atoms with van der Waals surface area (Å²) in [5.41, 5.74) is 1.29. The molecule has 0 atom stereocenters. The second-order valence-corrected chi connectivity index (χ2v) is 5.38. The molecule has 1 amide bonds. The molecule has 0 unspecified atom stereocenters. The molecule has 3 aromatic rings. The van der Waals surface area contributed by atoms with Gasteiger partial charge < -0.3 is 15.2 Å². The monoisotopic (exact) mass is 341 g/mol. The third-order valence-electron chi connectivity index (χ3n) is 3.39. The number of halogens is 1. The van der Waals surface area contributed by atoms with E-state index in [2.05, 4.69) is 25.8 Å². The van der Waals surface area contributed by atoms with Crippen LogP contribution in [0.15, 0.2) is 47.2 Å². The summed E-state index contributed by atoms with van der Waals surface area (Å²) in [5, 5.41) is 9.42. The lowest BCUT2D eigenvalue weighted by Gasteiger charge is -2.06. The minimum absolute atomic E-state index is 0.272. The molecule has 8 heteroatoms. The molecule has 0 radical (unpaired) electrons. The van der Waals surface area contributed by atoms with E-state index in [1.165, 1.54) is 24.5 Å². The summed E-state index contributed by atoms with van der Waals surface area (Å²) in [7, 11) is 0. The van der Waals surface area contributed by atoms with Crippen molar-refractivity contribution in [3.05, 3.63) is 65.4 Å². The van der Waals surface area contributed by atoms with Crippen molar-refractivity contribution >= 4 is 17.7 Å². The van der Waals surface area contributed by atoms with Gasteiger partial charge in [0, 0.05) is 25.0 Å². The number of anilines is 2. The summed E-state index contributed by atoms with van der Waals surface area (Å²) in [6, 6.07) is 7.88. The number of aromatic nitrogens is 3. The van der Waals surface area contributed by atoms with Gasteiger partial charge in [0.2, 0.25) is 5.95 Å². The molecule has 0 bridgehead atoms. The first-order valence-corrected chi connectivity index (χ1v) is 7.65. The van der Waals surface area contributed by atoms with E-state index in [1.807, 2.05) is 0 Å². The van der Waals surface area contributed by atoms with Gasteiger partial charge in [0.15, 0.2) is 5.82 Å². The van der Waals surface area contributed by atoms with Crippen molar-refractivity contribution in [1.82, 2.24) is 20.4 Å². The fourth-order valence-electron chi connectivity index (χ4n) is 2.12. The van der Waals surface area contributed by atoms with Gasteiger partial charge in [-0.25, -0.2) is 14.4 Å². The quantitative estimate of drug-likeness (QED) is 0.716. The maximum Gasteiger partial charge on any atom is 0.254 e. The molecule has 0 fully saturated rings. The third kappa shape index (κ3) is 4.60. The Morgan fingerprint density at radius 1 is 1.20 bits per heavy atom. The summed E-state index contributed by atoms with van der Waals surface area (Å²) in [5.74, 6) is 0.926.